The van der Waals surface area contributed by atoms with E-state index in [9.17, 15) is 8.42 Å². The molecule has 0 saturated carbocycles. The van der Waals surface area contributed by atoms with Gasteiger partial charge in [0.2, 0.25) is 0 Å². The van der Waals surface area contributed by atoms with Crippen LogP contribution in [0.1, 0.15) is 5.56 Å². The highest BCUT2D eigenvalue weighted by Crippen LogP contribution is 2.15. The van der Waals surface area contributed by atoms with Gasteiger partial charge in [0.25, 0.3) is 0 Å². The average Bonchev–Trinajstić information content (AvgIpc) is 1.93. The molecule has 0 amide bonds. The van der Waals surface area contributed by atoms with Crippen LogP contribution in [0.25, 0.3) is 0 Å². The van der Waals surface area contributed by atoms with Gasteiger partial charge in [-0.1, -0.05) is 34.1 Å². The van der Waals surface area contributed by atoms with Crippen molar-refractivity contribution >= 4 is 26.6 Å². The summed E-state index contributed by atoms with van der Waals surface area (Å²) < 4.78 is 21.5. The first-order valence-electron chi connectivity index (χ1n) is 3.05. The molecule has 0 unspecified atom stereocenters. The van der Waals surface area contributed by atoms with E-state index < -0.39 is 10.7 Å². The first-order chi connectivity index (χ1) is 5.20. The molecular weight excluding hydrogens is 228 g/mol. The largest absolute Gasteiger partial charge is 0.232 e. The van der Waals surface area contributed by atoms with Gasteiger partial charge in [-0.3, -0.25) is 0 Å². The fourth-order valence-corrected chi connectivity index (χ4v) is 1.96. The number of rotatable bonds is 2. The van der Waals surface area contributed by atoms with E-state index in [0.29, 0.717) is 0 Å². The van der Waals surface area contributed by atoms with E-state index in [1.807, 2.05) is 18.2 Å². The Balaban J connectivity index is 2.94. The second-order valence-corrected chi connectivity index (χ2v) is 3.92. The van der Waals surface area contributed by atoms with Crippen LogP contribution >= 0.6 is 15.9 Å². The van der Waals surface area contributed by atoms with Crippen LogP contribution in [-0.2, 0) is 16.5 Å². The molecule has 0 radical (unpaired) electrons. The molecule has 2 nitrogen and oxygen atoms in total. The average molecular weight is 235 g/mol. The highest BCUT2D eigenvalue weighted by molar-refractivity contribution is 9.10. The molecule has 1 aromatic carbocycles. The summed E-state index contributed by atoms with van der Waals surface area (Å²) in [6.07, 6.45) is 0. The summed E-state index contributed by atoms with van der Waals surface area (Å²) in [6, 6.07) is 7.29. The van der Waals surface area contributed by atoms with Gasteiger partial charge in [-0.2, -0.15) is 0 Å². The molecule has 0 bridgehead atoms. The Labute approximate surface area is 75.3 Å². The van der Waals surface area contributed by atoms with Crippen molar-refractivity contribution in [3.05, 3.63) is 34.3 Å². The van der Waals surface area contributed by atoms with Crippen LogP contribution in [0.2, 0.25) is 0 Å². The minimum atomic E-state index is -2.32. The summed E-state index contributed by atoms with van der Waals surface area (Å²) in [7, 11) is -2.32. The first-order valence-corrected chi connectivity index (χ1v) is 5.21. The summed E-state index contributed by atoms with van der Waals surface area (Å²) in [5, 5.41) is 0. The molecule has 0 aliphatic rings. The normalized spacial score (nSPS) is 10.4. The van der Waals surface area contributed by atoms with Crippen molar-refractivity contribution in [2.45, 2.75) is 5.75 Å². The van der Waals surface area contributed by atoms with Gasteiger partial charge in [-0.05, 0) is 11.6 Å². The fourth-order valence-electron chi connectivity index (χ4n) is 0.766. The number of hydrogen-bond acceptors (Lipinski definition) is 2. The highest BCUT2D eigenvalue weighted by atomic mass is 79.9. The Morgan fingerprint density at radius 3 is 2.45 bits per heavy atom. The van der Waals surface area contributed by atoms with Gasteiger partial charge in [0, 0.05) is 4.47 Å². The lowest BCUT2D eigenvalue weighted by Gasteiger charge is -1.96. The third-order valence-electron chi connectivity index (χ3n) is 1.26. The number of thiol groups is 1. The van der Waals surface area contributed by atoms with Crippen LogP contribution in [-0.4, -0.2) is 8.42 Å². The molecule has 0 spiro atoms. The lowest BCUT2D eigenvalue weighted by Crippen LogP contribution is -1.86. The van der Waals surface area contributed by atoms with E-state index in [1.54, 1.807) is 6.07 Å². The van der Waals surface area contributed by atoms with Crippen molar-refractivity contribution in [2.24, 2.45) is 0 Å². The Morgan fingerprint density at radius 1 is 1.27 bits per heavy atom. The van der Waals surface area contributed by atoms with E-state index in [2.05, 4.69) is 15.9 Å². The Hall–Kier alpha value is -0.350. The smallest absolute Gasteiger partial charge is 0.144 e. The van der Waals surface area contributed by atoms with Crippen LogP contribution in [0.5, 0.6) is 0 Å². The number of halogens is 1. The molecule has 11 heavy (non-hydrogen) atoms. The number of hydrogen-bond donors (Lipinski definition) is 1. The van der Waals surface area contributed by atoms with Crippen molar-refractivity contribution in [3.63, 3.8) is 0 Å². The van der Waals surface area contributed by atoms with Crippen molar-refractivity contribution in [1.29, 1.82) is 0 Å². The SMILES string of the molecule is O=[SH](=O)Cc1ccccc1Br. The van der Waals surface area contributed by atoms with Gasteiger partial charge in [-0.15, -0.1) is 0 Å². The maximum atomic E-state index is 10.3. The molecule has 0 saturated heterocycles. The van der Waals surface area contributed by atoms with Gasteiger partial charge < -0.3 is 0 Å². The predicted octanol–water partition coefficient (Wildman–Crippen LogP) is 1.56. The lowest BCUT2D eigenvalue weighted by molar-refractivity contribution is 0.614. The van der Waals surface area contributed by atoms with Crippen molar-refractivity contribution in [3.8, 4) is 0 Å². The lowest BCUT2D eigenvalue weighted by atomic mass is 10.2. The van der Waals surface area contributed by atoms with Gasteiger partial charge in [0.1, 0.15) is 10.7 Å². The van der Waals surface area contributed by atoms with E-state index in [1.165, 1.54) is 0 Å². The second-order valence-electron chi connectivity index (χ2n) is 2.08. The van der Waals surface area contributed by atoms with Gasteiger partial charge in [-0.25, -0.2) is 8.42 Å². The van der Waals surface area contributed by atoms with E-state index >= 15 is 0 Å². The number of benzene rings is 1. The zero-order valence-corrected chi connectivity index (χ0v) is 8.14. The third kappa shape index (κ3) is 2.63. The Morgan fingerprint density at radius 2 is 1.91 bits per heavy atom. The van der Waals surface area contributed by atoms with Crippen LogP contribution in [0, 0.1) is 0 Å². The standard InChI is InChI=1S/C7H7BrO2S/c8-7-4-2-1-3-6(7)5-11(9)10/h1-4,11H,5H2. The van der Waals surface area contributed by atoms with E-state index in [-0.39, 0.29) is 5.75 Å². The molecule has 0 aliphatic carbocycles. The molecule has 0 N–H and O–H groups in total. The topological polar surface area (TPSA) is 34.1 Å². The monoisotopic (exact) mass is 234 g/mol. The predicted molar refractivity (Wildman–Crippen MR) is 48.2 cm³/mol. The minimum absolute atomic E-state index is 0.108. The maximum Gasteiger partial charge on any atom is 0.144 e. The molecule has 1 rings (SSSR count). The Bertz CT molecular complexity index is 312. The quantitative estimate of drug-likeness (QED) is 0.789. The molecule has 0 aliphatic heterocycles. The molecule has 0 atom stereocenters. The molecule has 0 aromatic heterocycles. The van der Waals surface area contributed by atoms with Crippen LogP contribution < -0.4 is 0 Å². The zero-order chi connectivity index (χ0) is 8.27. The van der Waals surface area contributed by atoms with Crippen LogP contribution in [0.15, 0.2) is 28.7 Å². The molecule has 4 heteroatoms. The molecule has 0 fully saturated rings. The van der Waals surface area contributed by atoms with Gasteiger partial charge in [0.05, 0.1) is 5.75 Å². The molecular formula is C7H7BrO2S. The van der Waals surface area contributed by atoms with Crippen LogP contribution in [0.4, 0.5) is 0 Å². The molecule has 0 heterocycles. The van der Waals surface area contributed by atoms with Gasteiger partial charge in [0.15, 0.2) is 0 Å². The van der Waals surface area contributed by atoms with E-state index in [0.717, 1.165) is 10.0 Å². The Kier molecular flexibility index (Phi) is 3.08. The summed E-state index contributed by atoms with van der Waals surface area (Å²) >= 11 is 3.26. The first kappa shape index (κ1) is 8.74. The zero-order valence-electron chi connectivity index (χ0n) is 5.66. The maximum absolute atomic E-state index is 10.3. The summed E-state index contributed by atoms with van der Waals surface area (Å²) in [5.41, 5.74) is 0.809. The fraction of sp³-hybridized carbons (Fsp3) is 0.143. The molecule has 1 aromatic rings. The van der Waals surface area contributed by atoms with Crippen molar-refractivity contribution in [2.75, 3.05) is 0 Å². The highest BCUT2D eigenvalue weighted by Gasteiger charge is 1.97. The van der Waals surface area contributed by atoms with E-state index in [4.69, 9.17) is 0 Å². The minimum Gasteiger partial charge on any atom is -0.232 e. The second kappa shape index (κ2) is 3.88. The molecule has 60 valence electrons. The summed E-state index contributed by atoms with van der Waals surface area (Å²) in [6.45, 7) is 0. The van der Waals surface area contributed by atoms with Crippen molar-refractivity contribution < 1.29 is 8.42 Å². The van der Waals surface area contributed by atoms with Gasteiger partial charge >= 0.3 is 0 Å². The van der Waals surface area contributed by atoms with Crippen molar-refractivity contribution in [1.82, 2.24) is 0 Å². The third-order valence-corrected chi connectivity index (χ3v) is 2.63. The van der Waals surface area contributed by atoms with Crippen LogP contribution in [0.3, 0.4) is 0 Å². The summed E-state index contributed by atoms with van der Waals surface area (Å²) in [4.78, 5) is 0. The summed E-state index contributed by atoms with van der Waals surface area (Å²) in [5.74, 6) is 0.108.